The highest BCUT2D eigenvalue weighted by Crippen LogP contribution is 2.22. The van der Waals surface area contributed by atoms with E-state index in [1.807, 2.05) is 0 Å². The van der Waals surface area contributed by atoms with Crippen LogP contribution in [0.3, 0.4) is 0 Å². The minimum Gasteiger partial charge on any atom is -0.351 e. The maximum absolute atomic E-state index is 12.2. The first-order valence-corrected chi connectivity index (χ1v) is 17.7. The van der Waals surface area contributed by atoms with E-state index in [9.17, 15) is 9.59 Å². The molecule has 0 aromatic heterocycles. The normalized spacial score (nSPS) is 17.1. The predicted molar refractivity (Wildman–Crippen MR) is 187 cm³/mol. The molecule has 1 aliphatic rings. The Hall–Kier alpha value is -2.62. The van der Waals surface area contributed by atoms with Gasteiger partial charge in [-0.3, -0.25) is 9.59 Å². The summed E-state index contributed by atoms with van der Waals surface area (Å²) in [6.45, 7) is 4.32. The molecule has 2 N–H and O–H groups in total. The van der Waals surface area contributed by atoms with Crippen molar-refractivity contribution in [3.63, 3.8) is 0 Å². The Morgan fingerprint density at radius 1 is 0.465 bits per heavy atom. The number of hydrogen-bond acceptors (Lipinski definition) is 2. The van der Waals surface area contributed by atoms with Crippen LogP contribution in [0.5, 0.6) is 0 Å². The van der Waals surface area contributed by atoms with Crippen LogP contribution in [0.1, 0.15) is 149 Å². The summed E-state index contributed by atoms with van der Waals surface area (Å²) in [7, 11) is 0. The van der Waals surface area contributed by atoms with E-state index < -0.39 is 0 Å². The lowest BCUT2D eigenvalue weighted by Crippen LogP contribution is -2.34. The molecule has 4 heteroatoms. The Labute approximate surface area is 265 Å². The predicted octanol–water partition coefficient (Wildman–Crippen LogP) is 10.5. The molecule has 1 fully saturated rings. The second kappa shape index (κ2) is 29.5. The van der Waals surface area contributed by atoms with Crippen molar-refractivity contribution >= 4 is 11.8 Å². The van der Waals surface area contributed by atoms with Gasteiger partial charge in [-0.2, -0.15) is 0 Å². The number of rotatable bonds is 28. The standard InChI is InChI=1S/C39H64N2O2/c1-3-5-7-9-11-13-15-17-19-21-23-25-27-29-31-33-38(42)40-36-35-37(36)41-39(43)34-32-30-28-26-24-22-20-18-16-14-12-10-8-6-4-2/h5-8,11-14,17-20,36-37H,3-4,9-10,15-16,21-35H2,1-2H3,(H,40,42)(H,41,43)/b7-5-,8-6-,13-11-,14-12-,19-17-,20-18-/t36-,37+. The summed E-state index contributed by atoms with van der Waals surface area (Å²) >= 11 is 0. The molecular weight excluding hydrogens is 528 g/mol. The van der Waals surface area contributed by atoms with E-state index in [0.717, 1.165) is 83.5 Å². The second-order valence-electron chi connectivity index (χ2n) is 11.8. The molecule has 43 heavy (non-hydrogen) atoms. The minimum atomic E-state index is 0.132. The fourth-order valence-corrected chi connectivity index (χ4v) is 4.88. The molecule has 0 spiro atoms. The SMILES string of the molecule is CC/C=C\C/C=C\C/C=C\CCCCCCCC(=O)N[C@H]1C[C@H]1NC(=O)CCCCCCC/C=C\C/C=C\C/C=C\CC. The van der Waals surface area contributed by atoms with E-state index in [-0.39, 0.29) is 23.9 Å². The van der Waals surface area contributed by atoms with E-state index in [1.165, 1.54) is 38.5 Å². The third-order valence-corrected chi connectivity index (χ3v) is 7.59. The van der Waals surface area contributed by atoms with Gasteiger partial charge >= 0.3 is 0 Å². The maximum atomic E-state index is 12.2. The summed E-state index contributed by atoms with van der Waals surface area (Å²) in [5, 5.41) is 6.19. The van der Waals surface area contributed by atoms with Crippen molar-refractivity contribution in [1.82, 2.24) is 10.6 Å². The third kappa shape index (κ3) is 26.7. The number of carbonyl (C=O) groups excluding carboxylic acids is 2. The van der Waals surface area contributed by atoms with Gasteiger partial charge in [0.1, 0.15) is 0 Å². The van der Waals surface area contributed by atoms with Gasteiger partial charge in [0, 0.05) is 12.8 Å². The van der Waals surface area contributed by atoms with Gasteiger partial charge in [0.25, 0.3) is 0 Å². The van der Waals surface area contributed by atoms with E-state index >= 15 is 0 Å². The van der Waals surface area contributed by atoms with E-state index in [1.54, 1.807) is 0 Å². The zero-order valence-electron chi connectivity index (χ0n) is 27.7. The number of nitrogens with one attached hydrogen (secondary N) is 2. The van der Waals surface area contributed by atoms with Crippen molar-refractivity contribution in [3.05, 3.63) is 72.9 Å². The van der Waals surface area contributed by atoms with Gasteiger partial charge in [-0.15, -0.1) is 0 Å². The molecule has 0 aromatic carbocycles. The molecule has 242 valence electrons. The maximum Gasteiger partial charge on any atom is 0.220 e. The molecule has 0 saturated heterocycles. The van der Waals surface area contributed by atoms with Crippen molar-refractivity contribution in [3.8, 4) is 0 Å². The van der Waals surface area contributed by atoms with Gasteiger partial charge in [0.05, 0.1) is 12.1 Å². The number of allylic oxidation sites excluding steroid dienone is 12. The van der Waals surface area contributed by atoms with Crippen molar-refractivity contribution in [2.75, 3.05) is 0 Å². The zero-order valence-corrected chi connectivity index (χ0v) is 27.7. The third-order valence-electron chi connectivity index (χ3n) is 7.59. The van der Waals surface area contributed by atoms with Crippen molar-refractivity contribution in [2.24, 2.45) is 0 Å². The largest absolute Gasteiger partial charge is 0.351 e. The molecule has 0 unspecified atom stereocenters. The van der Waals surface area contributed by atoms with E-state index in [4.69, 9.17) is 0 Å². The Morgan fingerprint density at radius 2 is 0.791 bits per heavy atom. The van der Waals surface area contributed by atoms with Crippen molar-refractivity contribution < 1.29 is 9.59 Å². The molecule has 2 amide bonds. The molecule has 2 atom stereocenters. The summed E-state index contributed by atoms with van der Waals surface area (Å²) in [5.74, 6) is 0.267. The average molecular weight is 593 g/mol. The molecule has 1 rings (SSSR count). The molecular formula is C39H64N2O2. The van der Waals surface area contributed by atoms with Crippen LogP contribution in [-0.4, -0.2) is 23.9 Å². The quantitative estimate of drug-likeness (QED) is 0.0701. The molecule has 0 aliphatic heterocycles. The van der Waals surface area contributed by atoms with Crippen molar-refractivity contribution in [1.29, 1.82) is 0 Å². The molecule has 0 bridgehead atoms. The molecule has 1 saturated carbocycles. The summed E-state index contributed by atoms with van der Waals surface area (Å²) in [5.41, 5.74) is 0. The van der Waals surface area contributed by atoms with Crippen LogP contribution < -0.4 is 10.6 Å². The number of unbranched alkanes of at least 4 members (excludes halogenated alkanes) is 10. The summed E-state index contributed by atoms with van der Waals surface area (Å²) < 4.78 is 0. The molecule has 4 nitrogen and oxygen atoms in total. The Morgan fingerprint density at radius 3 is 1.19 bits per heavy atom. The first kappa shape index (κ1) is 38.4. The highest BCUT2D eigenvalue weighted by molar-refractivity contribution is 5.78. The number of amides is 2. The first-order chi connectivity index (χ1) is 21.2. The van der Waals surface area contributed by atoms with Gasteiger partial charge in [-0.25, -0.2) is 0 Å². The minimum absolute atomic E-state index is 0.132. The van der Waals surface area contributed by atoms with Crippen LogP contribution in [0.4, 0.5) is 0 Å². The Kier molecular flexibility index (Phi) is 26.3. The molecule has 0 heterocycles. The van der Waals surface area contributed by atoms with Gasteiger partial charge < -0.3 is 10.6 Å². The van der Waals surface area contributed by atoms with Crippen LogP contribution >= 0.6 is 0 Å². The second-order valence-corrected chi connectivity index (χ2v) is 11.8. The smallest absolute Gasteiger partial charge is 0.220 e. The van der Waals surface area contributed by atoms with Crippen LogP contribution in [0.2, 0.25) is 0 Å². The summed E-state index contributed by atoms with van der Waals surface area (Å²) in [6, 6.07) is 0.264. The van der Waals surface area contributed by atoms with Gasteiger partial charge in [-0.05, 0) is 83.5 Å². The first-order valence-electron chi connectivity index (χ1n) is 17.7. The van der Waals surface area contributed by atoms with Gasteiger partial charge in [0.15, 0.2) is 0 Å². The zero-order chi connectivity index (χ0) is 31.1. The number of hydrogen-bond donors (Lipinski definition) is 2. The lowest BCUT2D eigenvalue weighted by molar-refractivity contribution is -0.123. The van der Waals surface area contributed by atoms with Crippen LogP contribution in [-0.2, 0) is 9.59 Å². The number of carbonyl (C=O) groups is 2. The van der Waals surface area contributed by atoms with Gasteiger partial charge in [-0.1, -0.05) is 125 Å². The van der Waals surface area contributed by atoms with Gasteiger partial charge in [0.2, 0.25) is 11.8 Å². The topological polar surface area (TPSA) is 58.2 Å². The summed E-state index contributed by atoms with van der Waals surface area (Å²) in [6.07, 6.45) is 49.0. The van der Waals surface area contributed by atoms with E-state index in [2.05, 4.69) is 97.4 Å². The lowest BCUT2D eigenvalue weighted by atomic mass is 10.1. The highest BCUT2D eigenvalue weighted by atomic mass is 16.2. The van der Waals surface area contributed by atoms with Crippen LogP contribution in [0, 0.1) is 0 Å². The average Bonchev–Trinajstić information content (AvgIpc) is 3.73. The van der Waals surface area contributed by atoms with Crippen LogP contribution in [0.25, 0.3) is 0 Å². The van der Waals surface area contributed by atoms with Crippen LogP contribution in [0.15, 0.2) is 72.9 Å². The Balaban J connectivity index is 1.88. The highest BCUT2D eigenvalue weighted by Gasteiger charge is 2.39. The fourth-order valence-electron chi connectivity index (χ4n) is 4.88. The fraction of sp³-hybridized carbons (Fsp3) is 0.641. The van der Waals surface area contributed by atoms with Crippen molar-refractivity contribution in [2.45, 2.75) is 161 Å². The molecule has 1 aliphatic carbocycles. The Bertz CT molecular complexity index is 794. The van der Waals surface area contributed by atoms with E-state index in [0.29, 0.717) is 12.8 Å². The molecule has 0 radical (unpaired) electrons. The molecule has 0 aromatic rings. The lowest BCUT2D eigenvalue weighted by Gasteiger charge is -2.07. The monoisotopic (exact) mass is 592 g/mol. The summed E-state index contributed by atoms with van der Waals surface area (Å²) in [4.78, 5) is 24.5.